The van der Waals surface area contributed by atoms with Crippen LogP contribution in [0.3, 0.4) is 0 Å². The van der Waals surface area contributed by atoms with Crippen molar-refractivity contribution in [1.29, 1.82) is 0 Å². The van der Waals surface area contributed by atoms with Gasteiger partial charge >= 0.3 is 5.69 Å². The summed E-state index contributed by atoms with van der Waals surface area (Å²) in [4.78, 5) is 13.8. The molecular formula is C10H11N3O. The number of nitrogens with zero attached hydrogens (tertiary/aromatic N) is 2. The third-order valence-electron chi connectivity index (χ3n) is 2.13. The summed E-state index contributed by atoms with van der Waals surface area (Å²) in [5, 5.41) is 3.93. The maximum Gasteiger partial charge on any atom is 0.347 e. The predicted octanol–water partition coefficient (Wildman–Crippen LogP) is 1.18. The first kappa shape index (κ1) is 8.74. The molecule has 0 aliphatic heterocycles. The van der Waals surface area contributed by atoms with Crippen molar-refractivity contribution in [2.45, 2.75) is 13.8 Å². The maximum atomic E-state index is 11.3. The van der Waals surface area contributed by atoms with Gasteiger partial charge in [-0.3, -0.25) is 4.98 Å². The maximum absolute atomic E-state index is 11.3. The van der Waals surface area contributed by atoms with Crippen LogP contribution in [0.25, 0.3) is 5.69 Å². The summed E-state index contributed by atoms with van der Waals surface area (Å²) in [6, 6.07) is 5.88. The van der Waals surface area contributed by atoms with E-state index in [-0.39, 0.29) is 5.69 Å². The second-order valence-electron chi connectivity index (χ2n) is 3.30. The molecular weight excluding hydrogens is 178 g/mol. The highest BCUT2D eigenvalue weighted by molar-refractivity contribution is 5.41. The van der Waals surface area contributed by atoms with Crippen LogP contribution < -0.4 is 5.69 Å². The van der Waals surface area contributed by atoms with Crippen molar-refractivity contribution in [1.82, 2.24) is 14.8 Å². The Hall–Kier alpha value is -1.84. The van der Waals surface area contributed by atoms with Crippen LogP contribution in [0.1, 0.15) is 11.1 Å². The molecule has 0 spiro atoms. The number of aromatic nitrogens is 3. The molecule has 0 atom stereocenters. The minimum atomic E-state index is -0.211. The van der Waals surface area contributed by atoms with Crippen molar-refractivity contribution in [2.24, 2.45) is 0 Å². The van der Waals surface area contributed by atoms with E-state index in [1.54, 1.807) is 0 Å². The lowest BCUT2D eigenvalue weighted by molar-refractivity contribution is 0.835. The second-order valence-corrected chi connectivity index (χ2v) is 3.30. The van der Waals surface area contributed by atoms with Crippen LogP contribution in [0.15, 0.2) is 29.3 Å². The van der Waals surface area contributed by atoms with Crippen LogP contribution >= 0.6 is 0 Å². The van der Waals surface area contributed by atoms with Gasteiger partial charge in [-0.2, -0.15) is 9.78 Å². The summed E-state index contributed by atoms with van der Waals surface area (Å²) < 4.78 is 1.36. The summed E-state index contributed by atoms with van der Waals surface area (Å²) in [5.41, 5.74) is 2.83. The predicted molar refractivity (Wildman–Crippen MR) is 53.7 cm³/mol. The molecule has 1 N–H and O–H groups in total. The van der Waals surface area contributed by atoms with Gasteiger partial charge in [-0.1, -0.05) is 17.7 Å². The standard InChI is InChI=1S/C10H11N3O/c1-7-3-4-9(8(2)5-7)13-10(14)11-6-12-13/h3-6H,1-2H3,(H,11,12,14). The zero-order valence-electron chi connectivity index (χ0n) is 8.11. The van der Waals surface area contributed by atoms with Gasteiger partial charge < -0.3 is 0 Å². The quantitative estimate of drug-likeness (QED) is 0.732. The van der Waals surface area contributed by atoms with Gasteiger partial charge in [0.05, 0.1) is 5.69 Å². The minimum Gasteiger partial charge on any atom is -0.295 e. The smallest absolute Gasteiger partial charge is 0.295 e. The monoisotopic (exact) mass is 189 g/mol. The van der Waals surface area contributed by atoms with Gasteiger partial charge in [0.1, 0.15) is 6.33 Å². The van der Waals surface area contributed by atoms with Gasteiger partial charge in [-0.25, -0.2) is 4.79 Å². The average Bonchev–Trinajstić information content (AvgIpc) is 2.52. The van der Waals surface area contributed by atoms with Gasteiger partial charge in [0.15, 0.2) is 0 Å². The molecule has 1 aromatic carbocycles. The Labute approximate surface area is 81.2 Å². The van der Waals surface area contributed by atoms with Crippen LogP contribution in [0.4, 0.5) is 0 Å². The molecule has 0 bridgehead atoms. The Kier molecular flexibility index (Phi) is 1.96. The van der Waals surface area contributed by atoms with Gasteiger partial charge in [0.2, 0.25) is 0 Å². The summed E-state index contributed by atoms with van der Waals surface area (Å²) in [6.45, 7) is 3.98. The van der Waals surface area contributed by atoms with E-state index in [0.29, 0.717) is 0 Å². The minimum absolute atomic E-state index is 0.211. The molecule has 0 saturated heterocycles. The molecule has 2 rings (SSSR count). The fourth-order valence-electron chi connectivity index (χ4n) is 1.47. The van der Waals surface area contributed by atoms with E-state index in [9.17, 15) is 4.79 Å². The SMILES string of the molecule is Cc1ccc(-n2nc[nH]c2=O)c(C)c1. The number of rotatable bonds is 1. The lowest BCUT2D eigenvalue weighted by Gasteiger charge is -2.04. The average molecular weight is 189 g/mol. The Balaban J connectivity index is 2.63. The van der Waals surface area contributed by atoms with Crippen LogP contribution in [0.5, 0.6) is 0 Å². The Morgan fingerprint density at radius 3 is 2.71 bits per heavy atom. The Morgan fingerprint density at radius 2 is 2.14 bits per heavy atom. The molecule has 0 saturated carbocycles. The van der Waals surface area contributed by atoms with Crippen LogP contribution in [-0.4, -0.2) is 14.8 Å². The fraction of sp³-hybridized carbons (Fsp3) is 0.200. The summed E-state index contributed by atoms with van der Waals surface area (Å²) in [5.74, 6) is 0. The zero-order valence-corrected chi connectivity index (χ0v) is 8.11. The van der Waals surface area contributed by atoms with Crippen molar-refractivity contribution in [3.05, 3.63) is 46.1 Å². The molecule has 0 fully saturated rings. The van der Waals surface area contributed by atoms with E-state index in [1.807, 2.05) is 32.0 Å². The normalized spacial score (nSPS) is 10.4. The second kappa shape index (κ2) is 3.14. The Morgan fingerprint density at radius 1 is 1.36 bits per heavy atom. The van der Waals surface area contributed by atoms with Gasteiger partial charge in [0.25, 0.3) is 0 Å². The van der Waals surface area contributed by atoms with E-state index in [1.165, 1.54) is 16.6 Å². The highest BCUT2D eigenvalue weighted by atomic mass is 16.1. The topological polar surface area (TPSA) is 50.7 Å². The van der Waals surface area contributed by atoms with E-state index >= 15 is 0 Å². The number of aryl methyl sites for hydroxylation is 2. The number of nitrogens with one attached hydrogen (secondary N) is 1. The lowest BCUT2D eigenvalue weighted by Crippen LogP contribution is -2.16. The number of H-pyrrole nitrogens is 1. The highest BCUT2D eigenvalue weighted by Gasteiger charge is 2.04. The molecule has 4 heteroatoms. The van der Waals surface area contributed by atoms with Crippen molar-refractivity contribution < 1.29 is 0 Å². The Bertz CT molecular complexity index is 510. The van der Waals surface area contributed by atoms with E-state index in [0.717, 1.165) is 11.3 Å². The zero-order chi connectivity index (χ0) is 10.1. The van der Waals surface area contributed by atoms with Crippen molar-refractivity contribution in [2.75, 3.05) is 0 Å². The molecule has 4 nitrogen and oxygen atoms in total. The highest BCUT2D eigenvalue weighted by Crippen LogP contribution is 2.12. The largest absolute Gasteiger partial charge is 0.347 e. The summed E-state index contributed by atoms with van der Waals surface area (Å²) in [7, 11) is 0. The molecule has 1 aromatic heterocycles. The van der Waals surface area contributed by atoms with Crippen LogP contribution in [0.2, 0.25) is 0 Å². The first-order valence-corrected chi connectivity index (χ1v) is 4.39. The van der Waals surface area contributed by atoms with Crippen LogP contribution in [-0.2, 0) is 0 Å². The molecule has 0 aliphatic carbocycles. The number of hydrogen-bond acceptors (Lipinski definition) is 2. The molecule has 1 heterocycles. The third-order valence-corrected chi connectivity index (χ3v) is 2.13. The summed E-state index contributed by atoms with van der Waals surface area (Å²) >= 11 is 0. The first-order valence-electron chi connectivity index (χ1n) is 4.39. The van der Waals surface area contributed by atoms with Crippen LogP contribution in [0, 0.1) is 13.8 Å². The third kappa shape index (κ3) is 1.35. The molecule has 72 valence electrons. The molecule has 0 radical (unpaired) electrons. The lowest BCUT2D eigenvalue weighted by atomic mass is 10.1. The number of benzene rings is 1. The molecule has 0 amide bonds. The molecule has 14 heavy (non-hydrogen) atoms. The van der Waals surface area contributed by atoms with E-state index in [2.05, 4.69) is 10.1 Å². The number of aromatic amines is 1. The van der Waals surface area contributed by atoms with Crippen molar-refractivity contribution in [3.63, 3.8) is 0 Å². The summed E-state index contributed by atoms with van der Waals surface area (Å²) in [6.07, 6.45) is 1.39. The first-order chi connectivity index (χ1) is 6.68. The van der Waals surface area contributed by atoms with Gasteiger partial charge in [-0.05, 0) is 25.5 Å². The number of hydrogen-bond donors (Lipinski definition) is 1. The van der Waals surface area contributed by atoms with Gasteiger partial charge in [0, 0.05) is 0 Å². The molecule has 2 aromatic rings. The van der Waals surface area contributed by atoms with Crippen molar-refractivity contribution in [3.8, 4) is 5.69 Å². The van der Waals surface area contributed by atoms with Crippen molar-refractivity contribution >= 4 is 0 Å². The molecule has 0 unspecified atom stereocenters. The molecule has 0 aliphatic rings. The fourth-order valence-corrected chi connectivity index (χ4v) is 1.47. The van der Waals surface area contributed by atoms with Gasteiger partial charge in [-0.15, -0.1) is 0 Å². The van der Waals surface area contributed by atoms with E-state index < -0.39 is 0 Å². The van der Waals surface area contributed by atoms with E-state index in [4.69, 9.17) is 0 Å².